The molecule has 0 radical (unpaired) electrons. The number of para-hydroxylation sites is 1. The van der Waals surface area contributed by atoms with E-state index in [1.807, 2.05) is 0 Å². The van der Waals surface area contributed by atoms with Crippen LogP contribution in [0, 0.1) is 0 Å². The first-order chi connectivity index (χ1) is 10.5. The van der Waals surface area contributed by atoms with E-state index in [0.717, 1.165) is 5.69 Å². The van der Waals surface area contributed by atoms with Crippen molar-refractivity contribution in [3.8, 4) is 0 Å². The molecule has 0 saturated heterocycles. The smallest absolute Gasteiger partial charge is 0.288 e. The summed E-state index contributed by atoms with van der Waals surface area (Å²) in [5.74, 6) is -2.86. The summed E-state index contributed by atoms with van der Waals surface area (Å²) in [6.45, 7) is 0.0231. The average Bonchev–Trinajstić information content (AvgIpc) is 2.48. The summed E-state index contributed by atoms with van der Waals surface area (Å²) in [7, 11) is 0. The third-order valence-corrected chi connectivity index (χ3v) is 3.71. The third kappa shape index (κ3) is 5.20. The molecular formula is C15H13ClF2N2OS. The van der Waals surface area contributed by atoms with Gasteiger partial charge in [-0.1, -0.05) is 35.5 Å². The molecule has 2 aromatic carbocycles. The highest BCUT2D eigenvalue weighted by Crippen LogP contribution is 2.31. The maximum absolute atomic E-state index is 12.5. The zero-order valence-electron chi connectivity index (χ0n) is 11.4. The van der Waals surface area contributed by atoms with Crippen molar-refractivity contribution in [1.29, 1.82) is 0 Å². The quantitative estimate of drug-likeness (QED) is 0.747. The molecule has 2 aromatic rings. The van der Waals surface area contributed by atoms with E-state index in [-0.39, 0.29) is 12.5 Å². The Morgan fingerprint density at radius 3 is 2.50 bits per heavy atom. The minimum absolute atomic E-state index is 0.0231. The number of anilines is 2. The molecular weight excluding hydrogens is 330 g/mol. The number of hydrogen-bond donors (Lipinski definition) is 2. The van der Waals surface area contributed by atoms with Gasteiger partial charge in [0.1, 0.15) is 0 Å². The first-order valence-electron chi connectivity index (χ1n) is 6.38. The average molecular weight is 343 g/mol. The maximum Gasteiger partial charge on any atom is 0.288 e. The summed E-state index contributed by atoms with van der Waals surface area (Å²) in [6.07, 6.45) is 0. The topological polar surface area (TPSA) is 41.1 Å². The Kier molecular flexibility index (Phi) is 6.03. The van der Waals surface area contributed by atoms with Crippen LogP contribution in [-0.4, -0.2) is 18.2 Å². The summed E-state index contributed by atoms with van der Waals surface area (Å²) in [6, 6.07) is 13.4. The number of alkyl halides is 2. The summed E-state index contributed by atoms with van der Waals surface area (Å²) in [5, 5.41) is 6.15. The van der Waals surface area contributed by atoms with Crippen molar-refractivity contribution < 1.29 is 13.6 Å². The largest absolute Gasteiger partial charge is 0.376 e. The Balaban J connectivity index is 1.93. The number of carbonyl (C=O) groups excluding carboxylic acids is 1. The summed E-state index contributed by atoms with van der Waals surface area (Å²) < 4.78 is 24.9. The van der Waals surface area contributed by atoms with Crippen molar-refractivity contribution in [3.05, 3.63) is 53.6 Å². The van der Waals surface area contributed by atoms with Gasteiger partial charge < -0.3 is 10.6 Å². The molecule has 2 rings (SSSR count). The van der Waals surface area contributed by atoms with E-state index >= 15 is 0 Å². The van der Waals surface area contributed by atoms with Gasteiger partial charge in [0.25, 0.3) is 5.76 Å². The van der Waals surface area contributed by atoms with Gasteiger partial charge in [0.2, 0.25) is 5.91 Å². The predicted octanol–water partition coefficient (Wildman–Crippen LogP) is 4.71. The molecule has 0 aliphatic rings. The lowest BCUT2D eigenvalue weighted by Gasteiger charge is -2.11. The highest BCUT2D eigenvalue weighted by molar-refractivity contribution is 7.99. The SMILES string of the molecule is O=C(CNc1ccc(Cl)cc1)Nc1ccccc1SC(F)F. The summed E-state index contributed by atoms with van der Waals surface area (Å²) >= 11 is 6.17. The minimum atomic E-state index is -2.54. The Hall–Kier alpha value is -1.79. The van der Waals surface area contributed by atoms with Crippen LogP contribution in [0.15, 0.2) is 53.4 Å². The van der Waals surface area contributed by atoms with Gasteiger partial charge in [0.05, 0.1) is 12.2 Å². The van der Waals surface area contributed by atoms with E-state index in [0.29, 0.717) is 27.4 Å². The number of amides is 1. The second-order valence-corrected chi connectivity index (χ2v) is 5.75. The molecule has 0 saturated carbocycles. The van der Waals surface area contributed by atoms with Gasteiger partial charge in [-0.3, -0.25) is 4.79 Å². The number of hydrogen-bond acceptors (Lipinski definition) is 3. The van der Waals surface area contributed by atoms with E-state index in [1.165, 1.54) is 0 Å². The Bertz CT molecular complexity index is 638. The fraction of sp³-hybridized carbons (Fsp3) is 0.133. The van der Waals surface area contributed by atoms with E-state index in [4.69, 9.17) is 11.6 Å². The Morgan fingerprint density at radius 1 is 1.14 bits per heavy atom. The molecule has 0 aliphatic carbocycles. The van der Waals surface area contributed by atoms with E-state index in [2.05, 4.69) is 10.6 Å². The Morgan fingerprint density at radius 2 is 1.82 bits per heavy atom. The zero-order chi connectivity index (χ0) is 15.9. The summed E-state index contributed by atoms with van der Waals surface area (Å²) in [4.78, 5) is 12.2. The molecule has 22 heavy (non-hydrogen) atoms. The van der Waals surface area contributed by atoms with Crippen LogP contribution in [0.1, 0.15) is 0 Å². The second-order valence-electron chi connectivity index (χ2n) is 4.28. The van der Waals surface area contributed by atoms with E-state index in [1.54, 1.807) is 48.5 Å². The first-order valence-corrected chi connectivity index (χ1v) is 7.63. The molecule has 7 heteroatoms. The molecule has 2 N–H and O–H groups in total. The Labute approximate surface area is 136 Å². The lowest BCUT2D eigenvalue weighted by atomic mass is 10.3. The highest BCUT2D eigenvalue weighted by Gasteiger charge is 2.11. The molecule has 0 fully saturated rings. The molecule has 116 valence electrons. The molecule has 1 amide bonds. The number of carbonyl (C=O) groups is 1. The van der Waals surface area contributed by atoms with Gasteiger partial charge in [-0.25, -0.2) is 0 Å². The van der Waals surface area contributed by atoms with Gasteiger partial charge in [0.15, 0.2) is 0 Å². The molecule has 0 aromatic heterocycles. The van der Waals surface area contributed by atoms with Crippen molar-refractivity contribution in [2.24, 2.45) is 0 Å². The molecule has 0 bridgehead atoms. The van der Waals surface area contributed by atoms with Crippen LogP contribution in [-0.2, 0) is 4.79 Å². The van der Waals surface area contributed by atoms with Crippen molar-refractivity contribution in [2.75, 3.05) is 17.2 Å². The first kappa shape index (κ1) is 16.6. The van der Waals surface area contributed by atoms with E-state index in [9.17, 15) is 13.6 Å². The molecule has 3 nitrogen and oxygen atoms in total. The minimum Gasteiger partial charge on any atom is -0.376 e. The van der Waals surface area contributed by atoms with Crippen molar-refractivity contribution in [1.82, 2.24) is 0 Å². The van der Waals surface area contributed by atoms with Crippen LogP contribution in [0.2, 0.25) is 5.02 Å². The number of nitrogens with one attached hydrogen (secondary N) is 2. The number of halogens is 3. The monoisotopic (exact) mass is 342 g/mol. The van der Waals surface area contributed by atoms with Crippen molar-refractivity contribution >= 4 is 40.6 Å². The van der Waals surface area contributed by atoms with Crippen molar-refractivity contribution in [2.45, 2.75) is 10.7 Å². The van der Waals surface area contributed by atoms with Crippen LogP contribution < -0.4 is 10.6 Å². The van der Waals surface area contributed by atoms with Crippen LogP contribution >= 0.6 is 23.4 Å². The molecule has 0 aliphatic heterocycles. The maximum atomic E-state index is 12.5. The summed E-state index contributed by atoms with van der Waals surface area (Å²) in [5.41, 5.74) is 1.12. The lowest BCUT2D eigenvalue weighted by Crippen LogP contribution is -2.22. The third-order valence-electron chi connectivity index (χ3n) is 2.67. The number of thioether (sulfide) groups is 1. The van der Waals surface area contributed by atoms with Crippen LogP contribution in [0.5, 0.6) is 0 Å². The fourth-order valence-corrected chi connectivity index (χ4v) is 2.43. The van der Waals surface area contributed by atoms with E-state index < -0.39 is 5.76 Å². The predicted molar refractivity (Wildman–Crippen MR) is 86.9 cm³/mol. The molecule has 0 spiro atoms. The second kappa shape index (κ2) is 8.00. The normalized spacial score (nSPS) is 10.5. The fourth-order valence-electron chi connectivity index (χ4n) is 1.71. The lowest BCUT2D eigenvalue weighted by molar-refractivity contribution is -0.114. The van der Waals surface area contributed by atoms with Crippen molar-refractivity contribution in [3.63, 3.8) is 0 Å². The van der Waals surface area contributed by atoms with Gasteiger partial charge in [-0.2, -0.15) is 8.78 Å². The molecule has 0 heterocycles. The van der Waals surface area contributed by atoms with Crippen LogP contribution in [0.4, 0.5) is 20.2 Å². The van der Waals surface area contributed by atoms with Gasteiger partial charge in [0, 0.05) is 15.6 Å². The van der Waals surface area contributed by atoms with Crippen LogP contribution in [0.25, 0.3) is 0 Å². The standard InChI is InChI=1S/C15H13ClF2N2OS/c16-10-5-7-11(8-6-10)19-9-14(21)20-12-3-1-2-4-13(12)22-15(17)18/h1-8,15,19H,9H2,(H,20,21). The zero-order valence-corrected chi connectivity index (χ0v) is 12.9. The number of rotatable bonds is 6. The van der Waals surface area contributed by atoms with Gasteiger partial charge >= 0.3 is 0 Å². The van der Waals surface area contributed by atoms with Gasteiger partial charge in [-0.05, 0) is 36.4 Å². The molecule has 0 unspecified atom stereocenters. The molecule has 0 atom stereocenters. The van der Waals surface area contributed by atoms with Gasteiger partial charge in [-0.15, -0.1) is 0 Å². The van der Waals surface area contributed by atoms with Crippen LogP contribution in [0.3, 0.4) is 0 Å². The highest BCUT2D eigenvalue weighted by atomic mass is 35.5. The number of benzene rings is 2.